The Morgan fingerprint density at radius 1 is 1.23 bits per heavy atom. The molecular formula is C12H22O. The Balaban J connectivity index is 2.18. The second-order valence-corrected chi connectivity index (χ2v) is 4.07. The minimum absolute atomic E-state index is 0.830. The van der Waals surface area contributed by atoms with E-state index in [1.807, 2.05) is 7.11 Å². The predicted octanol–water partition coefficient (Wildman–Crippen LogP) is 3.41. The van der Waals surface area contributed by atoms with E-state index in [0.717, 1.165) is 18.4 Å². The molecule has 0 spiro atoms. The third-order valence-corrected chi connectivity index (χ3v) is 2.94. The van der Waals surface area contributed by atoms with Crippen molar-refractivity contribution in [2.75, 3.05) is 13.7 Å². The Labute approximate surface area is 82.2 Å². The molecule has 1 fully saturated rings. The van der Waals surface area contributed by atoms with Crippen molar-refractivity contribution in [3.05, 3.63) is 12.2 Å². The van der Waals surface area contributed by atoms with Gasteiger partial charge in [-0.05, 0) is 43.9 Å². The smallest absolute Gasteiger partial charge is 0.0490 e. The van der Waals surface area contributed by atoms with Crippen molar-refractivity contribution < 1.29 is 4.74 Å². The monoisotopic (exact) mass is 182 g/mol. The molecule has 0 aromatic heterocycles. The van der Waals surface area contributed by atoms with Gasteiger partial charge in [-0.2, -0.15) is 0 Å². The lowest BCUT2D eigenvalue weighted by Gasteiger charge is -2.25. The zero-order valence-electron chi connectivity index (χ0n) is 8.96. The van der Waals surface area contributed by atoms with Gasteiger partial charge in [0.25, 0.3) is 0 Å². The summed E-state index contributed by atoms with van der Waals surface area (Å²) >= 11 is 0. The lowest BCUT2D eigenvalue weighted by atomic mass is 9.82. The molecule has 0 atom stereocenters. The number of hydrogen-bond acceptors (Lipinski definition) is 1. The van der Waals surface area contributed by atoms with E-state index in [9.17, 15) is 0 Å². The number of hydrogen-bond donors (Lipinski definition) is 0. The minimum atomic E-state index is 0.830. The maximum Gasteiger partial charge on any atom is 0.0490 e. The molecule has 1 aliphatic rings. The SMILES string of the molecule is CCC=CC1CCC(COC)CC1. The Morgan fingerprint density at radius 2 is 1.92 bits per heavy atom. The molecule has 0 aromatic carbocycles. The molecule has 1 nitrogen and oxygen atoms in total. The van der Waals surface area contributed by atoms with E-state index >= 15 is 0 Å². The van der Waals surface area contributed by atoms with Gasteiger partial charge in [0.2, 0.25) is 0 Å². The van der Waals surface area contributed by atoms with E-state index in [2.05, 4.69) is 19.1 Å². The van der Waals surface area contributed by atoms with Gasteiger partial charge in [-0.25, -0.2) is 0 Å². The molecule has 0 amide bonds. The van der Waals surface area contributed by atoms with E-state index < -0.39 is 0 Å². The summed E-state index contributed by atoms with van der Waals surface area (Å²) < 4.78 is 5.18. The van der Waals surface area contributed by atoms with Crippen LogP contribution in [0.2, 0.25) is 0 Å². The van der Waals surface area contributed by atoms with Crippen LogP contribution in [-0.4, -0.2) is 13.7 Å². The quantitative estimate of drug-likeness (QED) is 0.605. The van der Waals surface area contributed by atoms with E-state index in [0.29, 0.717) is 0 Å². The zero-order chi connectivity index (χ0) is 9.52. The first-order valence-corrected chi connectivity index (χ1v) is 5.52. The van der Waals surface area contributed by atoms with Crippen molar-refractivity contribution in [2.45, 2.75) is 39.0 Å². The van der Waals surface area contributed by atoms with E-state index in [4.69, 9.17) is 4.74 Å². The molecule has 0 aromatic rings. The first-order valence-electron chi connectivity index (χ1n) is 5.52. The highest BCUT2D eigenvalue weighted by Gasteiger charge is 2.18. The third kappa shape index (κ3) is 3.95. The highest BCUT2D eigenvalue weighted by molar-refractivity contribution is 4.90. The fraction of sp³-hybridized carbons (Fsp3) is 0.833. The van der Waals surface area contributed by atoms with Crippen LogP contribution in [0.25, 0.3) is 0 Å². The summed E-state index contributed by atoms with van der Waals surface area (Å²) in [6.45, 7) is 3.16. The fourth-order valence-corrected chi connectivity index (χ4v) is 2.11. The molecule has 0 N–H and O–H groups in total. The zero-order valence-corrected chi connectivity index (χ0v) is 8.96. The summed E-state index contributed by atoms with van der Waals surface area (Å²) in [4.78, 5) is 0. The van der Waals surface area contributed by atoms with Gasteiger partial charge in [0.15, 0.2) is 0 Å². The minimum Gasteiger partial charge on any atom is -0.384 e. The molecule has 0 radical (unpaired) electrons. The van der Waals surface area contributed by atoms with E-state index in [1.54, 1.807) is 0 Å². The first kappa shape index (κ1) is 10.8. The van der Waals surface area contributed by atoms with Crippen molar-refractivity contribution in [1.82, 2.24) is 0 Å². The maximum atomic E-state index is 5.18. The van der Waals surface area contributed by atoms with Gasteiger partial charge in [-0.1, -0.05) is 19.1 Å². The molecule has 1 saturated carbocycles. The van der Waals surface area contributed by atoms with Crippen molar-refractivity contribution in [2.24, 2.45) is 11.8 Å². The number of allylic oxidation sites excluding steroid dienone is 2. The van der Waals surface area contributed by atoms with Crippen LogP contribution >= 0.6 is 0 Å². The van der Waals surface area contributed by atoms with Gasteiger partial charge in [0.05, 0.1) is 0 Å². The summed E-state index contributed by atoms with van der Waals surface area (Å²) in [6, 6.07) is 0. The third-order valence-electron chi connectivity index (χ3n) is 2.94. The molecule has 1 heteroatoms. The van der Waals surface area contributed by atoms with Crippen LogP contribution < -0.4 is 0 Å². The molecule has 13 heavy (non-hydrogen) atoms. The molecule has 0 unspecified atom stereocenters. The second-order valence-electron chi connectivity index (χ2n) is 4.07. The largest absolute Gasteiger partial charge is 0.384 e. The van der Waals surface area contributed by atoms with Gasteiger partial charge < -0.3 is 4.74 Å². The summed E-state index contributed by atoms with van der Waals surface area (Å²) in [6.07, 6.45) is 11.3. The molecule has 0 aliphatic heterocycles. The molecular weight excluding hydrogens is 160 g/mol. The molecule has 0 heterocycles. The van der Waals surface area contributed by atoms with Crippen molar-refractivity contribution >= 4 is 0 Å². The van der Waals surface area contributed by atoms with Crippen LogP contribution in [0.4, 0.5) is 0 Å². The van der Waals surface area contributed by atoms with Crippen LogP contribution in [0.5, 0.6) is 0 Å². The lowest BCUT2D eigenvalue weighted by molar-refractivity contribution is 0.124. The second kappa shape index (κ2) is 6.20. The Kier molecular flexibility index (Phi) is 5.14. The topological polar surface area (TPSA) is 9.23 Å². The van der Waals surface area contributed by atoms with Gasteiger partial charge >= 0.3 is 0 Å². The van der Waals surface area contributed by atoms with Gasteiger partial charge in [0.1, 0.15) is 0 Å². The lowest BCUT2D eigenvalue weighted by Crippen LogP contribution is -2.16. The standard InChI is InChI=1S/C12H22O/c1-3-4-5-11-6-8-12(9-7-11)10-13-2/h4-5,11-12H,3,6-10H2,1-2H3. The summed E-state index contributed by atoms with van der Waals surface area (Å²) in [5, 5.41) is 0. The maximum absolute atomic E-state index is 5.18. The Bertz CT molecular complexity index is 143. The van der Waals surface area contributed by atoms with Crippen LogP contribution in [0.1, 0.15) is 39.0 Å². The Morgan fingerprint density at radius 3 is 2.46 bits per heavy atom. The number of rotatable bonds is 4. The van der Waals surface area contributed by atoms with Crippen molar-refractivity contribution in [3.63, 3.8) is 0 Å². The molecule has 1 rings (SSSR count). The number of methoxy groups -OCH3 is 1. The average Bonchev–Trinajstić information content (AvgIpc) is 2.17. The average molecular weight is 182 g/mol. The van der Waals surface area contributed by atoms with Gasteiger partial charge in [-0.15, -0.1) is 0 Å². The normalized spacial score (nSPS) is 29.7. The summed E-state index contributed by atoms with van der Waals surface area (Å²) in [5.41, 5.74) is 0. The van der Waals surface area contributed by atoms with E-state index in [-0.39, 0.29) is 0 Å². The number of ether oxygens (including phenoxy) is 1. The van der Waals surface area contributed by atoms with Crippen molar-refractivity contribution in [3.8, 4) is 0 Å². The van der Waals surface area contributed by atoms with Crippen LogP contribution in [-0.2, 0) is 4.74 Å². The summed E-state index contributed by atoms with van der Waals surface area (Å²) in [7, 11) is 1.81. The van der Waals surface area contributed by atoms with Crippen LogP contribution in [0.3, 0.4) is 0 Å². The van der Waals surface area contributed by atoms with Gasteiger partial charge in [-0.3, -0.25) is 0 Å². The van der Waals surface area contributed by atoms with Crippen molar-refractivity contribution in [1.29, 1.82) is 0 Å². The van der Waals surface area contributed by atoms with Crippen LogP contribution in [0.15, 0.2) is 12.2 Å². The predicted molar refractivity (Wildman–Crippen MR) is 56.8 cm³/mol. The van der Waals surface area contributed by atoms with E-state index in [1.165, 1.54) is 32.1 Å². The highest BCUT2D eigenvalue weighted by Crippen LogP contribution is 2.29. The van der Waals surface area contributed by atoms with Gasteiger partial charge in [0, 0.05) is 13.7 Å². The first-order chi connectivity index (χ1) is 6.36. The molecule has 0 bridgehead atoms. The Hall–Kier alpha value is -0.300. The molecule has 1 aliphatic carbocycles. The summed E-state index contributed by atoms with van der Waals surface area (Å²) in [5.74, 6) is 1.68. The highest BCUT2D eigenvalue weighted by atomic mass is 16.5. The molecule has 76 valence electrons. The molecule has 0 saturated heterocycles. The fourth-order valence-electron chi connectivity index (χ4n) is 2.11. The van der Waals surface area contributed by atoms with Crippen LogP contribution in [0, 0.1) is 11.8 Å².